The van der Waals surface area contributed by atoms with Crippen molar-refractivity contribution in [2.75, 3.05) is 45.2 Å². The minimum atomic E-state index is -4.49. The summed E-state index contributed by atoms with van der Waals surface area (Å²) in [6, 6.07) is 7.21. The van der Waals surface area contributed by atoms with Crippen LogP contribution in [0.5, 0.6) is 6.01 Å². The molecule has 1 aromatic heterocycles. The number of hydrogen-bond acceptors (Lipinski definition) is 7. The van der Waals surface area contributed by atoms with Gasteiger partial charge in [0.25, 0.3) is 0 Å². The zero-order chi connectivity index (χ0) is 28.1. The average Bonchev–Trinajstić information content (AvgIpc) is 2.91. The van der Waals surface area contributed by atoms with Crippen molar-refractivity contribution in [1.82, 2.24) is 30.5 Å². The minimum absolute atomic E-state index is 0.0617. The quantitative estimate of drug-likeness (QED) is 0.496. The van der Waals surface area contributed by atoms with Crippen molar-refractivity contribution >= 4 is 17.7 Å². The van der Waals surface area contributed by atoms with Crippen molar-refractivity contribution in [2.24, 2.45) is 0 Å². The maximum Gasteiger partial charge on any atom is 0.422 e. The standard InChI is InChI=1S/C27H38F3N7O2/c1-20-22-12-10-21(11-13-22)18-23-34-24(36-25(35-23)39-19-27(28,29)30)33-14-7-5-3-4-6-8-16-37(26(38)31-2)17-9-15-32-20/h10-13,32H,1,3-9,14-19H2,2H3,(H,31,38)(H,33,34,35,36). The number of amides is 2. The van der Waals surface area contributed by atoms with Gasteiger partial charge in [0.2, 0.25) is 5.95 Å². The van der Waals surface area contributed by atoms with E-state index in [0.29, 0.717) is 38.4 Å². The molecule has 2 aliphatic heterocycles. The summed E-state index contributed by atoms with van der Waals surface area (Å²) in [7, 11) is 1.65. The summed E-state index contributed by atoms with van der Waals surface area (Å²) in [5.41, 5.74) is 2.55. The van der Waals surface area contributed by atoms with E-state index in [4.69, 9.17) is 4.74 Å². The molecule has 4 rings (SSSR count). The van der Waals surface area contributed by atoms with Crippen LogP contribution in [0.4, 0.5) is 23.9 Å². The van der Waals surface area contributed by atoms with E-state index in [9.17, 15) is 18.0 Å². The highest BCUT2D eigenvalue weighted by atomic mass is 19.4. The number of halogens is 3. The smallest absolute Gasteiger partial charge is 0.422 e. The minimum Gasteiger partial charge on any atom is -0.454 e. The second-order valence-electron chi connectivity index (χ2n) is 9.48. The molecular weight excluding hydrogens is 511 g/mol. The number of anilines is 1. The fourth-order valence-electron chi connectivity index (χ4n) is 4.19. The van der Waals surface area contributed by atoms with Crippen molar-refractivity contribution in [3.8, 4) is 6.01 Å². The first-order valence-corrected chi connectivity index (χ1v) is 13.4. The molecule has 9 nitrogen and oxygen atoms in total. The van der Waals surface area contributed by atoms with Gasteiger partial charge in [0.15, 0.2) is 6.61 Å². The van der Waals surface area contributed by atoms with Gasteiger partial charge in [-0.15, -0.1) is 0 Å². The van der Waals surface area contributed by atoms with Gasteiger partial charge in [0.05, 0.1) is 0 Å². The Hall–Kier alpha value is -3.57. The molecule has 3 N–H and O–H groups in total. The van der Waals surface area contributed by atoms with Crippen molar-refractivity contribution < 1.29 is 22.7 Å². The highest BCUT2D eigenvalue weighted by Gasteiger charge is 2.29. The lowest BCUT2D eigenvalue weighted by Crippen LogP contribution is -2.40. The number of carbonyl (C=O) groups is 1. The van der Waals surface area contributed by atoms with Crippen LogP contribution in [0.1, 0.15) is 61.9 Å². The number of hydrogen-bond donors (Lipinski definition) is 3. The molecule has 214 valence electrons. The molecule has 1 aromatic carbocycles. The fraction of sp³-hybridized carbons (Fsp3) is 0.556. The highest BCUT2D eigenvalue weighted by Crippen LogP contribution is 2.19. The van der Waals surface area contributed by atoms with Crippen LogP contribution in [0.25, 0.3) is 5.70 Å². The molecule has 3 heterocycles. The number of ether oxygens (including phenoxy) is 1. The Kier molecular flexibility index (Phi) is 11.6. The van der Waals surface area contributed by atoms with Crippen LogP contribution in [-0.4, -0.2) is 71.9 Å². The Morgan fingerprint density at radius 3 is 2.36 bits per heavy atom. The third kappa shape index (κ3) is 11.0. The van der Waals surface area contributed by atoms with Gasteiger partial charge in [-0.25, -0.2) is 4.79 Å². The Morgan fingerprint density at radius 2 is 1.64 bits per heavy atom. The first-order valence-electron chi connectivity index (χ1n) is 13.4. The summed E-state index contributed by atoms with van der Waals surface area (Å²) in [6.45, 7) is 5.27. The van der Waals surface area contributed by atoms with E-state index in [1.807, 2.05) is 29.2 Å². The summed E-state index contributed by atoms with van der Waals surface area (Å²) in [5, 5.41) is 9.14. The SMILES string of the molecule is C=C1NCCCN(C(=O)NC)CCCCCCCCNc2nc(nc(OCC(F)(F)F)n2)Cc2ccc1cc2. The first-order chi connectivity index (χ1) is 18.7. The van der Waals surface area contributed by atoms with Crippen molar-refractivity contribution in [3.05, 3.63) is 47.8 Å². The lowest BCUT2D eigenvalue weighted by atomic mass is 10.1. The van der Waals surface area contributed by atoms with Crippen LogP contribution >= 0.6 is 0 Å². The van der Waals surface area contributed by atoms with Gasteiger partial charge in [0.1, 0.15) is 5.82 Å². The predicted octanol–water partition coefficient (Wildman–Crippen LogP) is 4.76. The lowest BCUT2D eigenvalue weighted by Gasteiger charge is -2.22. The maximum atomic E-state index is 12.7. The van der Waals surface area contributed by atoms with E-state index in [1.165, 1.54) is 0 Å². The molecule has 0 aliphatic carbocycles. The van der Waals surface area contributed by atoms with Crippen molar-refractivity contribution in [1.29, 1.82) is 0 Å². The first kappa shape index (κ1) is 30.0. The molecule has 0 saturated heterocycles. The molecule has 2 aliphatic rings. The van der Waals surface area contributed by atoms with Crippen LogP contribution in [0.15, 0.2) is 30.8 Å². The van der Waals surface area contributed by atoms with E-state index in [1.54, 1.807) is 7.05 Å². The number of nitrogens with zero attached hydrogens (tertiary/aromatic N) is 4. The van der Waals surface area contributed by atoms with E-state index >= 15 is 0 Å². The van der Waals surface area contributed by atoms with Gasteiger partial charge >= 0.3 is 18.2 Å². The molecule has 4 bridgehead atoms. The zero-order valence-corrected chi connectivity index (χ0v) is 22.4. The highest BCUT2D eigenvalue weighted by molar-refractivity contribution is 5.73. The molecule has 39 heavy (non-hydrogen) atoms. The molecule has 0 radical (unpaired) electrons. The maximum absolute atomic E-state index is 12.7. The summed E-state index contributed by atoms with van der Waals surface area (Å²) >= 11 is 0. The van der Waals surface area contributed by atoms with Gasteiger partial charge in [-0.1, -0.05) is 56.5 Å². The Morgan fingerprint density at radius 1 is 0.974 bits per heavy atom. The molecule has 0 fully saturated rings. The number of nitrogens with one attached hydrogen (secondary N) is 3. The zero-order valence-electron chi connectivity index (χ0n) is 22.4. The Labute approximate surface area is 227 Å². The number of benzene rings is 1. The van der Waals surface area contributed by atoms with Crippen LogP contribution < -0.4 is 20.7 Å². The average molecular weight is 550 g/mol. The number of carbonyl (C=O) groups excluding carboxylic acids is 1. The summed E-state index contributed by atoms with van der Waals surface area (Å²) in [4.78, 5) is 26.6. The molecule has 0 spiro atoms. The molecule has 0 atom stereocenters. The van der Waals surface area contributed by atoms with Crippen LogP contribution in [0, 0.1) is 0 Å². The third-order valence-corrected chi connectivity index (χ3v) is 6.27. The molecule has 2 amide bonds. The largest absolute Gasteiger partial charge is 0.454 e. The van der Waals surface area contributed by atoms with Crippen LogP contribution in [0.3, 0.4) is 0 Å². The number of urea groups is 1. The molecular formula is C27H38F3N7O2. The monoisotopic (exact) mass is 549 g/mol. The number of fused-ring (bicyclic) bond motifs is 16. The van der Waals surface area contributed by atoms with E-state index in [2.05, 4.69) is 37.5 Å². The van der Waals surface area contributed by atoms with Crippen molar-refractivity contribution in [2.45, 2.75) is 57.5 Å². The van der Waals surface area contributed by atoms with E-state index < -0.39 is 12.8 Å². The van der Waals surface area contributed by atoms with E-state index in [0.717, 1.165) is 61.8 Å². The number of aromatic nitrogens is 3. The van der Waals surface area contributed by atoms with Gasteiger partial charge in [0, 0.05) is 45.3 Å². The van der Waals surface area contributed by atoms with Gasteiger partial charge in [-0.3, -0.25) is 0 Å². The molecule has 2 aromatic rings. The van der Waals surface area contributed by atoms with Crippen molar-refractivity contribution in [3.63, 3.8) is 0 Å². The van der Waals surface area contributed by atoms with Gasteiger partial charge < -0.3 is 25.6 Å². The Balaban J connectivity index is 1.71. The predicted molar refractivity (Wildman–Crippen MR) is 144 cm³/mol. The topological polar surface area (TPSA) is 104 Å². The van der Waals surface area contributed by atoms with Crippen LogP contribution in [0.2, 0.25) is 0 Å². The number of alkyl halides is 3. The Bertz CT molecular complexity index is 1060. The molecule has 0 unspecified atom stereocenters. The second kappa shape index (κ2) is 15.1. The fourth-order valence-corrected chi connectivity index (χ4v) is 4.19. The number of rotatable bonds is 2. The van der Waals surface area contributed by atoms with Gasteiger partial charge in [-0.2, -0.15) is 28.1 Å². The summed E-state index contributed by atoms with van der Waals surface area (Å²) in [6.07, 6.45) is 2.53. The summed E-state index contributed by atoms with van der Waals surface area (Å²) < 4.78 is 42.9. The lowest BCUT2D eigenvalue weighted by molar-refractivity contribution is -0.154. The van der Waals surface area contributed by atoms with Crippen LogP contribution in [-0.2, 0) is 6.42 Å². The van der Waals surface area contributed by atoms with E-state index in [-0.39, 0.29) is 18.0 Å². The normalized spacial score (nSPS) is 16.6. The molecule has 12 heteroatoms. The second-order valence-corrected chi connectivity index (χ2v) is 9.48. The summed E-state index contributed by atoms with van der Waals surface area (Å²) in [5.74, 6) is 0.507. The molecule has 0 saturated carbocycles. The third-order valence-electron chi connectivity index (χ3n) is 6.27. The van der Waals surface area contributed by atoms with Gasteiger partial charge in [-0.05, 0) is 30.4 Å².